The highest BCUT2D eigenvalue weighted by molar-refractivity contribution is 6.25. The van der Waals surface area contributed by atoms with E-state index in [0.29, 0.717) is 11.1 Å². The van der Waals surface area contributed by atoms with Gasteiger partial charge in [-0.1, -0.05) is 29.8 Å². The lowest BCUT2D eigenvalue weighted by atomic mass is 9.80. The van der Waals surface area contributed by atoms with Crippen molar-refractivity contribution >= 4 is 29.4 Å². The molecule has 2 heterocycles. The zero-order valence-electron chi connectivity index (χ0n) is 17.5. The maximum absolute atomic E-state index is 13.8. The Labute approximate surface area is 182 Å². The van der Waals surface area contributed by atoms with Crippen LogP contribution in [-0.2, 0) is 21.3 Å². The van der Waals surface area contributed by atoms with Gasteiger partial charge in [0.1, 0.15) is 0 Å². The van der Waals surface area contributed by atoms with E-state index >= 15 is 0 Å². The summed E-state index contributed by atoms with van der Waals surface area (Å²) in [5.41, 5.74) is -0.160. The maximum Gasteiger partial charge on any atom is 0.416 e. The molecule has 0 bridgehead atoms. The first-order valence-corrected chi connectivity index (χ1v) is 9.77. The summed E-state index contributed by atoms with van der Waals surface area (Å²) in [5.74, 6) is -1.11. The second-order valence-corrected chi connectivity index (χ2v) is 7.76. The monoisotopic (exact) mass is 440 g/mol. The normalized spacial score (nSPS) is 19.8. The van der Waals surface area contributed by atoms with Crippen LogP contribution in [0.5, 0.6) is 0 Å². The van der Waals surface area contributed by atoms with Crippen LogP contribution in [0.3, 0.4) is 0 Å². The number of hydrogen-bond acceptors (Lipinski definition) is 4. The van der Waals surface area contributed by atoms with Gasteiger partial charge in [-0.25, -0.2) is 5.01 Å². The summed E-state index contributed by atoms with van der Waals surface area (Å²) in [6, 6.07) is 11.1. The number of halogens is 3. The number of hydrogen-bond donors (Lipinski definition) is 0. The number of benzene rings is 2. The van der Waals surface area contributed by atoms with E-state index < -0.39 is 29.1 Å². The molecular formula is C23H19F3N4O2. The predicted octanol–water partition coefficient (Wildman–Crippen LogP) is 4.47. The van der Waals surface area contributed by atoms with Crippen molar-refractivity contribution in [1.29, 1.82) is 0 Å². The lowest BCUT2D eigenvalue weighted by Gasteiger charge is -2.39. The van der Waals surface area contributed by atoms with E-state index in [2.05, 4.69) is 10.2 Å². The van der Waals surface area contributed by atoms with Gasteiger partial charge in [-0.2, -0.15) is 28.4 Å². The number of alkyl halides is 3. The van der Waals surface area contributed by atoms with Crippen LogP contribution >= 0.6 is 0 Å². The highest BCUT2D eigenvalue weighted by Crippen LogP contribution is 2.43. The Kier molecular flexibility index (Phi) is 4.99. The van der Waals surface area contributed by atoms with Gasteiger partial charge in [-0.15, -0.1) is 0 Å². The summed E-state index contributed by atoms with van der Waals surface area (Å²) in [5, 5.41) is 10.7. The number of anilines is 1. The standard InChI is InChI=1S/C23H19F3N4O2/c1-14(2)12-20(31)30-22(19-7-5-4-6-16(19)13-27-30)15(3)28-29(21(22)32)18-10-8-17(9-11-18)23(24,25)26/h4-13H,1-3H3. The molecular weight excluding hydrogens is 421 g/mol. The highest BCUT2D eigenvalue weighted by Gasteiger charge is 2.59. The van der Waals surface area contributed by atoms with Crippen LogP contribution in [0, 0.1) is 0 Å². The average Bonchev–Trinajstić information content (AvgIpc) is 2.99. The van der Waals surface area contributed by atoms with Gasteiger partial charge in [0.05, 0.1) is 23.2 Å². The van der Waals surface area contributed by atoms with Crippen molar-refractivity contribution < 1.29 is 22.8 Å². The molecule has 2 aliphatic rings. The minimum Gasteiger partial charge on any atom is -0.269 e. The Morgan fingerprint density at radius 3 is 2.34 bits per heavy atom. The molecule has 9 heteroatoms. The van der Waals surface area contributed by atoms with Crippen molar-refractivity contribution in [2.75, 3.05) is 5.01 Å². The third-order valence-corrected chi connectivity index (χ3v) is 5.32. The van der Waals surface area contributed by atoms with E-state index in [1.54, 1.807) is 45.0 Å². The van der Waals surface area contributed by atoms with Gasteiger partial charge in [-0.3, -0.25) is 9.59 Å². The summed E-state index contributed by atoms with van der Waals surface area (Å²) < 4.78 is 38.9. The maximum atomic E-state index is 13.8. The zero-order chi connectivity index (χ0) is 23.3. The number of rotatable bonds is 2. The second-order valence-electron chi connectivity index (χ2n) is 7.76. The summed E-state index contributed by atoms with van der Waals surface area (Å²) >= 11 is 0. The number of fused-ring (bicyclic) bond motifs is 2. The van der Waals surface area contributed by atoms with Crippen molar-refractivity contribution in [1.82, 2.24) is 5.01 Å². The Morgan fingerprint density at radius 2 is 1.72 bits per heavy atom. The Morgan fingerprint density at radius 1 is 1.06 bits per heavy atom. The predicted molar refractivity (Wildman–Crippen MR) is 114 cm³/mol. The SMILES string of the molecule is CC(C)=CC(=O)N1N=Cc2ccccc2C12C(=O)N(c1ccc(C(F)(F)F)cc1)N=C2C. The van der Waals surface area contributed by atoms with Crippen LogP contribution < -0.4 is 5.01 Å². The number of carbonyl (C=O) groups is 2. The second kappa shape index (κ2) is 7.44. The number of nitrogens with zero attached hydrogens (tertiary/aromatic N) is 4. The molecule has 0 fully saturated rings. The van der Waals surface area contributed by atoms with E-state index in [4.69, 9.17) is 0 Å². The lowest BCUT2D eigenvalue weighted by Crippen LogP contribution is -2.58. The summed E-state index contributed by atoms with van der Waals surface area (Å²) in [4.78, 5) is 26.9. The molecule has 1 unspecified atom stereocenters. The van der Waals surface area contributed by atoms with Gasteiger partial charge in [-0.05, 0) is 45.0 Å². The molecule has 0 aromatic heterocycles. The van der Waals surface area contributed by atoms with Gasteiger partial charge >= 0.3 is 6.18 Å². The molecule has 2 amide bonds. The highest BCUT2D eigenvalue weighted by atomic mass is 19.4. The first-order valence-electron chi connectivity index (χ1n) is 9.77. The summed E-state index contributed by atoms with van der Waals surface area (Å²) in [7, 11) is 0. The molecule has 6 nitrogen and oxygen atoms in total. The van der Waals surface area contributed by atoms with Crippen LogP contribution in [0.1, 0.15) is 37.5 Å². The minimum absolute atomic E-state index is 0.154. The Hall–Kier alpha value is -3.75. The molecule has 0 radical (unpaired) electrons. The fourth-order valence-electron chi connectivity index (χ4n) is 3.89. The topological polar surface area (TPSA) is 65.3 Å². The summed E-state index contributed by atoms with van der Waals surface area (Å²) in [6.45, 7) is 5.10. The van der Waals surface area contributed by atoms with Crippen LogP contribution in [0.15, 0.2) is 70.4 Å². The zero-order valence-corrected chi connectivity index (χ0v) is 17.5. The van der Waals surface area contributed by atoms with E-state index in [0.717, 1.165) is 27.7 Å². The molecule has 0 N–H and O–H groups in total. The van der Waals surface area contributed by atoms with E-state index in [-0.39, 0.29) is 11.4 Å². The smallest absolute Gasteiger partial charge is 0.269 e. The van der Waals surface area contributed by atoms with Gasteiger partial charge < -0.3 is 0 Å². The van der Waals surface area contributed by atoms with E-state index in [1.807, 2.05) is 0 Å². The van der Waals surface area contributed by atoms with E-state index in [9.17, 15) is 22.8 Å². The molecule has 2 aliphatic heterocycles. The molecule has 1 atom stereocenters. The first kappa shape index (κ1) is 21.5. The van der Waals surface area contributed by atoms with Crippen LogP contribution in [-0.4, -0.2) is 28.7 Å². The lowest BCUT2D eigenvalue weighted by molar-refractivity contribution is -0.139. The number of carbonyl (C=O) groups excluding carboxylic acids is 2. The van der Waals surface area contributed by atoms with Gasteiger partial charge in [0.25, 0.3) is 11.8 Å². The van der Waals surface area contributed by atoms with Crippen molar-refractivity contribution in [2.45, 2.75) is 32.5 Å². The van der Waals surface area contributed by atoms with Crippen molar-refractivity contribution in [3.05, 3.63) is 76.9 Å². The third kappa shape index (κ3) is 3.21. The molecule has 4 rings (SSSR count). The van der Waals surface area contributed by atoms with Crippen molar-refractivity contribution in [2.24, 2.45) is 10.2 Å². The third-order valence-electron chi connectivity index (χ3n) is 5.32. The average molecular weight is 440 g/mol. The fraction of sp³-hybridized carbons (Fsp3) is 0.217. The molecule has 1 spiro atoms. The molecule has 0 saturated carbocycles. The fourth-order valence-corrected chi connectivity index (χ4v) is 3.89. The minimum atomic E-state index is -4.50. The number of hydrazone groups is 2. The molecule has 0 aliphatic carbocycles. The molecule has 164 valence electrons. The van der Waals surface area contributed by atoms with E-state index in [1.165, 1.54) is 24.4 Å². The molecule has 0 saturated heterocycles. The first-order chi connectivity index (χ1) is 15.1. The molecule has 2 aromatic carbocycles. The van der Waals surface area contributed by atoms with Gasteiger partial charge in [0, 0.05) is 17.2 Å². The van der Waals surface area contributed by atoms with Crippen LogP contribution in [0.2, 0.25) is 0 Å². The number of amides is 2. The van der Waals surface area contributed by atoms with Crippen molar-refractivity contribution in [3.8, 4) is 0 Å². The van der Waals surface area contributed by atoms with Crippen molar-refractivity contribution in [3.63, 3.8) is 0 Å². The van der Waals surface area contributed by atoms with Gasteiger partial charge in [0.2, 0.25) is 5.54 Å². The van der Waals surface area contributed by atoms with Gasteiger partial charge in [0.15, 0.2) is 0 Å². The largest absolute Gasteiger partial charge is 0.416 e. The molecule has 32 heavy (non-hydrogen) atoms. The Balaban J connectivity index is 1.85. The van der Waals surface area contributed by atoms with Crippen LogP contribution in [0.4, 0.5) is 18.9 Å². The summed E-state index contributed by atoms with van der Waals surface area (Å²) in [6.07, 6.45) is -1.63. The van der Waals surface area contributed by atoms with Crippen LogP contribution in [0.25, 0.3) is 0 Å². The number of allylic oxidation sites excluding steroid dienone is 1. The molecule has 2 aromatic rings. The Bertz CT molecular complexity index is 1190. The quantitative estimate of drug-likeness (QED) is 0.647.